The lowest BCUT2D eigenvalue weighted by Crippen LogP contribution is -2.33. The van der Waals surface area contributed by atoms with Crippen LogP contribution in [0.4, 0.5) is 0 Å². The van der Waals surface area contributed by atoms with Crippen LogP contribution in [-0.2, 0) is 6.54 Å². The molecular formula is C18H26N+. The number of unbranched alkanes of at least 4 members (excludes halogenated alkanes) is 5. The van der Waals surface area contributed by atoms with E-state index in [1.54, 1.807) is 0 Å². The molecule has 1 heteroatoms. The van der Waals surface area contributed by atoms with Gasteiger partial charge in [0.2, 0.25) is 5.52 Å². The number of rotatable bonds is 7. The van der Waals surface area contributed by atoms with Crippen molar-refractivity contribution in [2.45, 2.75) is 58.9 Å². The van der Waals surface area contributed by atoms with E-state index in [-0.39, 0.29) is 0 Å². The van der Waals surface area contributed by atoms with E-state index in [1.165, 1.54) is 55.0 Å². The smallest absolute Gasteiger partial charge is 0.198 e. The lowest BCUT2D eigenvalue weighted by atomic mass is 10.1. The third-order valence-electron chi connectivity index (χ3n) is 3.79. The minimum Gasteiger partial charge on any atom is -0.198 e. The van der Waals surface area contributed by atoms with Crippen molar-refractivity contribution < 1.29 is 4.57 Å². The topological polar surface area (TPSA) is 3.88 Å². The van der Waals surface area contributed by atoms with Crippen LogP contribution in [-0.4, -0.2) is 0 Å². The first-order valence-corrected chi connectivity index (χ1v) is 7.70. The number of fused-ring (bicyclic) bond motifs is 1. The summed E-state index contributed by atoms with van der Waals surface area (Å²) in [6, 6.07) is 11.1. The molecule has 0 N–H and O–H groups in total. The lowest BCUT2D eigenvalue weighted by Gasteiger charge is -2.03. The second kappa shape index (κ2) is 7.28. The highest BCUT2D eigenvalue weighted by molar-refractivity contribution is 5.76. The van der Waals surface area contributed by atoms with Crippen LogP contribution >= 0.6 is 0 Å². The quantitative estimate of drug-likeness (QED) is 0.495. The van der Waals surface area contributed by atoms with Crippen LogP contribution in [0.15, 0.2) is 36.5 Å². The first kappa shape index (κ1) is 14.0. The van der Waals surface area contributed by atoms with E-state index >= 15 is 0 Å². The van der Waals surface area contributed by atoms with E-state index in [0.29, 0.717) is 0 Å². The minimum absolute atomic E-state index is 1.15. The zero-order valence-electron chi connectivity index (χ0n) is 12.4. The van der Waals surface area contributed by atoms with Gasteiger partial charge in [0.05, 0.1) is 0 Å². The summed E-state index contributed by atoms with van der Waals surface area (Å²) in [7, 11) is 0. The summed E-state index contributed by atoms with van der Waals surface area (Å²) >= 11 is 0. The molecule has 0 aliphatic rings. The van der Waals surface area contributed by atoms with Gasteiger partial charge in [0.25, 0.3) is 0 Å². The fourth-order valence-corrected chi connectivity index (χ4v) is 2.66. The molecule has 1 heterocycles. The molecule has 1 aromatic heterocycles. The van der Waals surface area contributed by atoms with E-state index in [0.717, 1.165) is 6.54 Å². The third-order valence-corrected chi connectivity index (χ3v) is 3.79. The van der Waals surface area contributed by atoms with Gasteiger partial charge in [0, 0.05) is 23.9 Å². The van der Waals surface area contributed by atoms with Gasteiger partial charge in [0.1, 0.15) is 6.54 Å². The highest BCUT2D eigenvalue weighted by atomic mass is 14.9. The van der Waals surface area contributed by atoms with Crippen LogP contribution < -0.4 is 4.57 Å². The number of aryl methyl sites for hydroxylation is 2. The van der Waals surface area contributed by atoms with E-state index < -0.39 is 0 Å². The molecule has 0 amide bonds. The Hall–Kier alpha value is -1.37. The van der Waals surface area contributed by atoms with Crippen molar-refractivity contribution in [3.8, 4) is 0 Å². The van der Waals surface area contributed by atoms with Crippen LogP contribution in [0.5, 0.6) is 0 Å². The van der Waals surface area contributed by atoms with E-state index in [2.05, 4.69) is 54.9 Å². The summed E-state index contributed by atoms with van der Waals surface area (Å²) in [5, 5.41) is 1.36. The molecule has 0 spiro atoms. The Morgan fingerprint density at radius 3 is 2.58 bits per heavy atom. The average molecular weight is 256 g/mol. The van der Waals surface area contributed by atoms with Gasteiger partial charge in [-0.25, -0.2) is 0 Å². The molecule has 2 aromatic rings. The highest BCUT2D eigenvalue weighted by Crippen LogP contribution is 2.12. The first-order chi connectivity index (χ1) is 9.31. The van der Waals surface area contributed by atoms with Gasteiger partial charge in [-0.1, -0.05) is 44.2 Å². The molecule has 2 rings (SSSR count). The van der Waals surface area contributed by atoms with Gasteiger partial charge >= 0.3 is 0 Å². The maximum atomic E-state index is 2.40. The van der Waals surface area contributed by atoms with Crippen LogP contribution in [0, 0.1) is 6.92 Å². The standard InChI is InChI=1S/C18H26N/c1-3-4-5-6-7-8-13-19-14-9-10-17-15-16(2)11-12-18(17)19/h9-12,14-15H,3-8,13H2,1-2H3/q+1. The Labute approximate surface area is 117 Å². The Morgan fingerprint density at radius 1 is 0.947 bits per heavy atom. The second-order valence-electron chi connectivity index (χ2n) is 5.53. The van der Waals surface area contributed by atoms with Crippen molar-refractivity contribution in [2.24, 2.45) is 0 Å². The predicted molar refractivity (Wildman–Crippen MR) is 82.3 cm³/mol. The zero-order valence-corrected chi connectivity index (χ0v) is 12.4. The zero-order chi connectivity index (χ0) is 13.5. The molecule has 0 aliphatic heterocycles. The fraction of sp³-hybridized carbons (Fsp3) is 0.500. The molecule has 0 bridgehead atoms. The summed E-state index contributed by atoms with van der Waals surface area (Å²) in [5.74, 6) is 0. The number of nitrogens with zero attached hydrogens (tertiary/aromatic N) is 1. The van der Waals surface area contributed by atoms with Gasteiger partial charge in [-0.2, -0.15) is 4.57 Å². The largest absolute Gasteiger partial charge is 0.212 e. The van der Waals surface area contributed by atoms with Crippen LogP contribution in [0.1, 0.15) is 51.0 Å². The van der Waals surface area contributed by atoms with Crippen molar-refractivity contribution in [3.05, 3.63) is 42.1 Å². The average Bonchev–Trinajstić information content (AvgIpc) is 2.42. The van der Waals surface area contributed by atoms with Gasteiger partial charge < -0.3 is 0 Å². The number of hydrogen-bond donors (Lipinski definition) is 0. The molecule has 102 valence electrons. The molecule has 19 heavy (non-hydrogen) atoms. The molecule has 1 nitrogen and oxygen atoms in total. The molecule has 0 aliphatic carbocycles. The van der Waals surface area contributed by atoms with E-state index in [9.17, 15) is 0 Å². The number of pyridine rings is 1. The third kappa shape index (κ3) is 4.05. The van der Waals surface area contributed by atoms with Gasteiger partial charge in [-0.3, -0.25) is 0 Å². The Bertz CT molecular complexity index is 516. The summed E-state index contributed by atoms with van der Waals surface area (Å²) in [5.41, 5.74) is 2.70. The van der Waals surface area contributed by atoms with Crippen LogP contribution in [0.25, 0.3) is 10.9 Å². The Kier molecular flexibility index (Phi) is 5.38. The van der Waals surface area contributed by atoms with Crippen molar-refractivity contribution >= 4 is 10.9 Å². The summed E-state index contributed by atoms with van der Waals surface area (Å²) in [6.07, 6.45) is 10.4. The molecule has 0 atom stereocenters. The molecule has 0 saturated carbocycles. The molecule has 1 aromatic carbocycles. The number of hydrogen-bond acceptors (Lipinski definition) is 0. The van der Waals surface area contributed by atoms with Crippen molar-refractivity contribution in [1.29, 1.82) is 0 Å². The Morgan fingerprint density at radius 2 is 1.74 bits per heavy atom. The highest BCUT2D eigenvalue weighted by Gasteiger charge is 2.07. The number of benzene rings is 1. The maximum Gasteiger partial charge on any atom is 0.212 e. The van der Waals surface area contributed by atoms with E-state index in [1.807, 2.05) is 0 Å². The van der Waals surface area contributed by atoms with Gasteiger partial charge in [-0.05, 0) is 25.5 Å². The van der Waals surface area contributed by atoms with Gasteiger partial charge in [0.15, 0.2) is 6.20 Å². The van der Waals surface area contributed by atoms with E-state index in [4.69, 9.17) is 0 Å². The minimum atomic E-state index is 1.15. The summed E-state index contributed by atoms with van der Waals surface area (Å²) < 4.78 is 2.40. The maximum absolute atomic E-state index is 2.40. The summed E-state index contributed by atoms with van der Waals surface area (Å²) in [6.45, 7) is 5.57. The first-order valence-electron chi connectivity index (χ1n) is 7.70. The SMILES string of the molecule is CCCCCCCC[n+]1cccc2cc(C)ccc21. The molecular weight excluding hydrogens is 230 g/mol. The normalized spacial score (nSPS) is 11.1. The monoisotopic (exact) mass is 256 g/mol. The van der Waals surface area contributed by atoms with Crippen molar-refractivity contribution in [2.75, 3.05) is 0 Å². The van der Waals surface area contributed by atoms with Crippen LogP contribution in [0.2, 0.25) is 0 Å². The molecule has 0 saturated heterocycles. The Balaban J connectivity index is 1.93. The fourth-order valence-electron chi connectivity index (χ4n) is 2.66. The molecule has 0 unspecified atom stereocenters. The molecule has 0 fully saturated rings. The predicted octanol–water partition coefficient (Wildman–Crippen LogP) is 4.80. The van der Waals surface area contributed by atoms with Gasteiger partial charge in [-0.15, -0.1) is 0 Å². The molecule has 0 radical (unpaired) electrons. The van der Waals surface area contributed by atoms with Crippen molar-refractivity contribution in [3.63, 3.8) is 0 Å². The lowest BCUT2D eigenvalue weighted by molar-refractivity contribution is -0.671. The number of aromatic nitrogens is 1. The van der Waals surface area contributed by atoms with Crippen LogP contribution in [0.3, 0.4) is 0 Å². The summed E-state index contributed by atoms with van der Waals surface area (Å²) in [4.78, 5) is 0. The van der Waals surface area contributed by atoms with Crippen molar-refractivity contribution in [1.82, 2.24) is 0 Å². The second-order valence-corrected chi connectivity index (χ2v) is 5.53.